The smallest absolute Gasteiger partial charge is 0.0467 e. The second-order valence-electron chi connectivity index (χ2n) is 13.4. The zero-order valence-corrected chi connectivity index (χ0v) is 29.9. The van der Waals surface area contributed by atoms with E-state index in [1.54, 1.807) is 0 Å². The zero-order chi connectivity index (χ0) is 35.8. The molecule has 3 heteroatoms. The lowest BCUT2D eigenvalue weighted by Crippen LogP contribution is -2.09. The second-order valence-corrected chi connectivity index (χ2v) is 13.4. The lowest BCUT2D eigenvalue weighted by Gasteiger charge is -2.26. The number of hydrogen-bond donors (Lipinski definition) is 0. The summed E-state index contributed by atoms with van der Waals surface area (Å²) in [7, 11) is 0. The molecule has 0 fully saturated rings. The quantitative estimate of drug-likeness (QED) is 0.151. The molecule has 8 rings (SSSR count). The fraction of sp³-hybridized carbons (Fsp3) is 0.0600. The van der Waals surface area contributed by atoms with E-state index in [4.69, 9.17) is 4.98 Å². The van der Waals surface area contributed by atoms with Crippen molar-refractivity contribution < 1.29 is 0 Å². The molecule has 53 heavy (non-hydrogen) atoms. The van der Waals surface area contributed by atoms with Gasteiger partial charge in [-0.2, -0.15) is 0 Å². The minimum absolute atomic E-state index is 0.983. The molecule has 0 saturated heterocycles. The van der Waals surface area contributed by atoms with E-state index in [0.29, 0.717) is 0 Å². The minimum atomic E-state index is 0.983. The molecule has 0 saturated carbocycles. The number of aromatic nitrogens is 1. The number of allylic oxidation sites excluding steroid dienone is 6. The van der Waals surface area contributed by atoms with Gasteiger partial charge in [0.25, 0.3) is 0 Å². The van der Waals surface area contributed by atoms with Crippen LogP contribution in [0.15, 0.2) is 212 Å². The van der Waals surface area contributed by atoms with Crippen LogP contribution in [-0.2, 0) is 0 Å². The number of nitrogens with zero attached hydrogens (tertiary/aromatic N) is 3. The Morgan fingerprint density at radius 3 is 1.38 bits per heavy atom. The summed E-state index contributed by atoms with van der Waals surface area (Å²) in [6, 6.07) is 62.1. The fourth-order valence-electron chi connectivity index (χ4n) is 7.04. The third kappa shape index (κ3) is 7.66. The van der Waals surface area contributed by atoms with Crippen LogP contribution in [0.5, 0.6) is 0 Å². The van der Waals surface area contributed by atoms with Crippen LogP contribution in [0.4, 0.5) is 34.1 Å². The van der Waals surface area contributed by atoms with Crippen LogP contribution in [0.3, 0.4) is 0 Å². The van der Waals surface area contributed by atoms with Crippen LogP contribution in [-0.4, -0.2) is 4.98 Å². The summed E-state index contributed by atoms with van der Waals surface area (Å²) in [4.78, 5) is 9.42. The molecule has 7 aromatic rings. The molecule has 0 bridgehead atoms. The van der Waals surface area contributed by atoms with Crippen LogP contribution in [0.2, 0.25) is 0 Å². The van der Waals surface area contributed by atoms with Crippen molar-refractivity contribution in [3.8, 4) is 11.1 Å². The molecule has 1 aliphatic carbocycles. The maximum absolute atomic E-state index is 4.80. The summed E-state index contributed by atoms with van der Waals surface area (Å²) in [6.45, 7) is 2.23. The molecule has 0 amide bonds. The van der Waals surface area contributed by atoms with Gasteiger partial charge in [0, 0.05) is 57.6 Å². The third-order valence-electron chi connectivity index (χ3n) is 9.62. The van der Waals surface area contributed by atoms with E-state index in [1.807, 2.05) is 12.4 Å². The maximum atomic E-state index is 4.80. The SMILES string of the molecule is CC1=CC(c2cncc(-c3cccc(N(c4ccccc4)c4ccccc4)c3)c2)=CC(c2cccc(N(c3ccccc3)c3ccccc3)c2)=CCC1. The molecule has 0 atom stereocenters. The molecule has 6 aromatic carbocycles. The van der Waals surface area contributed by atoms with Gasteiger partial charge in [-0.15, -0.1) is 0 Å². The predicted octanol–water partition coefficient (Wildman–Crippen LogP) is 13.9. The van der Waals surface area contributed by atoms with Crippen molar-refractivity contribution in [3.05, 3.63) is 223 Å². The number of anilines is 6. The number of pyridine rings is 1. The van der Waals surface area contributed by atoms with Crippen molar-refractivity contribution in [3.63, 3.8) is 0 Å². The molecule has 1 aromatic heterocycles. The molecule has 1 heterocycles. The average molecular weight is 684 g/mol. The number of para-hydroxylation sites is 4. The number of hydrogen-bond acceptors (Lipinski definition) is 3. The minimum Gasteiger partial charge on any atom is -0.310 e. The Hall–Kier alpha value is -6.71. The van der Waals surface area contributed by atoms with Gasteiger partial charge >= 0.3 is 0 Å². The van der Waals surface area contributed by atoms with Gasteiger partial charge in [0.1, 0.15) is 0 Å². The predicted molar refractivity (Wildman–Crippen MR) is 224 cm³/mol. The van der Waals surface area contributed by atoms with Gasteiger partial charge < -0.3 is 9.80 Å². The van der Waals surface area contributed by atoms with Crippen LogP contribution in [0, 0.1) is 0 Å². The Bertz CT molecular complexity index is 2320. The third-order valence-corrected chi connectivity index (χ3v) is 9.62. The topological polar surface area (TPSA) is 19.4 Å². The fourth-order valence-corrected chi connectivity index (χ4v) is 7.04. The van der Waals surface area contributed by atoms with Gasteiger partial charge in [-0.3, -0.25) is 4.98 Å². The van der Waals surface area contributed by atoms with Crippen molar-refractivity contribution in [1.29, 1.82) is 0 Å². The first kappa shape index (κ1) is 33.4. The van der Waals surface area contributed by atoms with E-state index < -0.39 is 0 Å². The van der Waals surface area contributed by atoms with Gasteiger partial charge in [0.15, 0.2) is 0 Å². The van der Waals surface area contributed by atoms with E-state index in [1.165, 1.54) is 16.7 Å². The van der Waals surface area contributed by atoms with E-state index >= 15 is 0 Å². The molecule has 1 aliphatic rings. The molecule has 0 N–H and O–H groups in total. The normalized spacial score (nSPS) is 12.8. The largest absolute Gasteiger partial charge is 0.310 e. The average Bonchev–Trinajstić information content (AvgIpc) is 3.21. The second kappa shape index (κ2) is 15.7. The van der Waals surface area contributed by atoms with Gasteiger partial charge in [-0.05, 0) is 127 Å². The van der Waals surface area contributed by atoms with Crippen molar-refractivity contribution in [2.45, 2.75) is 19.8 Å². The summed E-state index contributed by atoms with van der Waals surface area (Å²) in [6.07, 6.45) is 13.0. The molecule has 3 nitrogen and oxygen atoms in total. The number of benzene rings is 6. The highest BCUT2D eigenvalue weighted by Crippen LogP contribution is 2.39. The molecular formula is C50H41N3. The number of rotatable bonds is 9. The van der Waals surface area contributed by atoms with Crippen molar-refractivity contribution >= 4 is 45.3 Å². The summed E-state index contributed by atoms with van der Waals surface area (Å²) in [5, 5.41) is 0. The molecular weight excluding hydrogens is 643 g/mol. The summed E-state index contributed by atoms with van der Waals surface area (Å²) in [5.41, 5.74) is 14.9. The van der Waals surface area contributed by atoms with E-state index in [0.717, 1.165) is 69.2 Å². The Labute approximate surface area is 313 Å². The first-order valence-corrected chi connectivity index (χ1v) is 18.3. The van der Waals surface area contributed by atoms with E-state index in [-0.39, 0.29) is 0 Å². The Balaban J connectivity index is 1.16. The Kier molecular flexibility index (Phi) is 9.89. The molecule has 0 spiro atoms. The van der Waals surface area contributed by atoms with Gasteiger partial charge in [-0.1, -0.05) is 115 Å². The van der Waals surface area contributed by atoms with Crippen molar-refractivity contribution in [1.82, 2.24) is 4.98 Å². The van der Waals surface area contributed by atoms with Crippen LogP contribution >= 0.6 is 0 Å². The zero-order valence-electron chi connectivity index (χ0n) is 29.9. The van der Waals surface area contributed by atoms with Crippen LogP contribution < -0.4 is 9.80 Å². The van der Waals surface area contributed by atoms with Crippen molar-refractivity contribution in [2.75, 3.05) is 9.80 Å². The summed E-state index contributed by atoms with van der Waals surface area (Å²) >= 11 is 0. The lowest BCUT2D eigenvalue weighted by molar-refractivity contribution is 0.978. The molecule has 0 aliphatic heterocycles. The highest BCUT2D eigenvalue weighted by Gasteiger charge is 2.16. The molecule has 0 radical (unpaired) electrons. The van der Waals surface area contributed by atoms with Gasteiger partial charge in [-0.25, -0.2) is 0 Å². The molecule has 256 valence electrons. The standard InChI is InChI=1S/C50H41N3/c1-38-17-14-18-39(40-19-15-29-49(34-40)52(45-21-6-2-7-22-45)46-23-8-3-9-24-46)32-42(31-38)44-33-43(36-51-37-44)41-20-16-30-50(35-41)53(47-25-10-4-11-26-47)48-27-12-5-13-28-48/h2-13,15-16,18-37H,14,17H2,1H3. The molecule has 0 unspecified atom stereocenters. The maximum Gasteiger partial charge on any atom is 0.0467 e. The highest BCUT2D eigenvalue weighted by atomic mass is 15.1. The Morgan fingerprint density at radius 2 is 0.849 bits per heavy atom. The van der Waals surface area contributed by atoms with Crippen LogP contribution in [0.1, 0.15) is 30.9 Å². The Morgan fingerprint density at radius 1 is 0.396 bits per heavy atom. The summed E-state index contributed by atoms with van der Waals surface area (Å²) in [5.74, 6) is 0. The van der Waals surface area contributed by atoms with Gasteiger partial charge in [0.2, 0.25) is 0 Å². The lowest BCUT2D eigenvalue weighted by atomic mass is 9.92. The monoisotopic (exact) mass is 683 g/mol. The highest BCUT2D eigenvalue weighted by molar-refractivity contribution is 5.90. The van der Waals surface area contributed by atoms with Gasteiger partial charge in [0.05, 0.1) is 0 Å². The van der Waals surface area contributed by atoms with Crippen molar-refractivity contribution in [2.24, 2.45) is 0 Å². The van der Waals surface area contributed by atoms with Crippen LogP contribution in [0.25, 0.3) is 22.3 Å². The first-order chi connectivity index (χ1) is 26.2. The van der Waals surface area contributed by atoms with E-state index in [2.05, 4.69) is 211 Å². The first-order valence-electron chi connectivity index (χ1n) is 18.3. The summed E-state index contributed by atoms with van der Waals surface area (Å²) < 4.78 is 0. The van der Waals surface area contributed by atoms with E-state index in [9.17, 15) is 0 Å².